The van der Waals surface area contributed by atoms with Gasteiger partial charge in [-0.2, -0.15) is 0 Å². The van der Waals surface area contributed by atoms with E-state index in [0.29, 0.717) is 10.6 Å². The average Bonchev–Trinajstić information content (AvgIpc) is 2.98. The maximum atomic E-state index is 12.1. The zero-order chi connectivity index (χ0) is 17.0. The lowest BCUT2D eigenvalue weighted by Crippen LogP contribution is -1.97. The van der Waals surface area contributed by atoms with E-state index in [-0.39, 0.29) is 22.8 Å². The predicted octanol–water partition coefficient (Wildman–Crippen LogP) is 4.33. The molecule has 1 aromatic heterocycles. The number of thiophene rings is 1. The molecule has 0 unspecified atom stereocenters. The second-order valence-corrected chi connectivity index (χ2v) is 6.79. The van der Waals surface area contributed by atoms with Gasteiger partial charge in [0, 0.05) is 0 Å². The average molecular weight is 398 g/mol. The molecule has 6 nitrogen and oxygen atoms in total. The van der Waals surface area contributed by atoms with Gasteiger partial charge in [0.25, 0.3) is 5.69 Å². The monoisotopic (exact) mass is 397 g/mol. The molecule has 120 valence electrons. The van der Waals surface area contributed by atoms with Crippen LogP contribution in [0.4, 0.5) is 5.69 Å². The van der Waals surface area contributed by atoms with Crippen LogP contribution in [0, 0.1) is 10.1 Å². The summed E-state index contributed by atoms with van der Waals surface area (Å²) < 4.78 is 11.0. The highest BCUT2D eigenvalue weighted by molar-refractivity contribution is 9.11. The molecule has 0 aliphatic heterocycles. The van der Waals surface area contributed by atoms with Crippen molar-refractivity contribution in [3.05, 3.63) is 54.7 Å². The van der Waals surface area contributed by atoms with Gasteiger partial charge in [-0.25, -0.2) is 0 Å². The fraction of sp³-hybridized carbons (Fsp3) is 0.133. The second-order valence-electron chi connectivity index (χ2n) is 4.32. The number of methoxy groups -OCH3 is 2. The smallest absolute Gasteiger partial charge is 0.280 e. The standard InChI is InChI=1S/C15H12BrNO5S/c1-21-12-7-9(10(17(19)20)8-13(12)22-2)3-4-11(18)14-5-6-15(16)23-14/h3-8H,1-2H3/b4-3+. The number of ketones is 1. The Bertz CT molecular complexity index is 784. The summed E-state index contributed by atoms with van der Waals surface area (Å²) in [5.74, 6) is 0.374. The SMILES string of the molecule is COc1cc(/C=C/C(=O)c2ccc(Br)s2)c([N+](=O)[O-])cc1OC. The Labute approximate surface area is 144 Å². The van der Waals surface area contributed by atoms with Crippen LogP contribution in [0.15, 0.2) is 34.1 Å². The Balaban J connectivity index is 2.39. The topological polar surface area (TPSA) is 78.7 Å². The number of hydrogen-bond acceptors (Lipinski definition) is 6. The number of benzene rings is 1. The largest absolute Gasteiger partial charge is 0.493 e. The molecule has 23 heavy (non-hydrogen) atoms. The normalized spacial score (nSPS) is 10.7. The van der Waals surface area contributed by atoms with E-state index >= 15 is 0 Å². The molecule has 0 aliphatic carbocycles. The molecular weight excluding hydrogens is 386 g/mol. The van der Waals surface area contributed by atoms with Crippen molar-refractivity contribution in [2.75, 3.05) is 14.2 Å². The van der Waals surface area contributed by atoms with Gasteiger partial charge in [-0.1, -0.05) is 0 Å². The summed E-state index contributed by atoms with van der Waals surface area (Å²) in [6.07, 6.45) is 2.70. The van der Waals surface area contributed by atoms with Crippen LogP contribution >= 0.6 is 27.3 Å². The van der Waals surface area contributed by atoms with Crippen molar-refractivity contribution in [3.63, 3.8) is 0 Å². The number of carbonyl (C=O) groups is 1. The molecule has 2 aromatic rings. The number of nitro groups is 1. The number of allylic oxidation sites excluding steroid dienone is 1. The zero-order valence-electron chi connectivity index (χ0n) is 12.2. The van der Waals surface area contributed by atoms with Gasteiger partial charge in [0.1, 0.15) is 0 Å². The van der Waals surface area contributed by atoms with Crippen LogP contribution in [0.2, 0.25) is 0 Å². The molecule has 0 spiro atoms. The minimum absolute atomic E-state index is 0.168. The fourth-order valence-electron chi connectivity index (χ4n) is 1.87. The number of nitro benzene ring substituents is 1. The Hall–Kier alpha value is -2.19. The maximum absolute atomic E-state index is 12.1. The number of halogens is 1. The number of ether oxygens (including phenoxy) is 2. The molecule has 0 N–H and O–H groups in total. The van der Waals surface area contributed by atoms with E-state index in [1.807, 2.05) is 0 Å². The molecule has 1 heterocycles. The first-order valence-electron chi connectivity index (χ1n) is 6.34. The van der Waals surface area contributed by atoms with Crippen LogP contribution in [0.1, 0.15) is 15.2 Å². The molecule has 2 rings (SSSR count). The minimum Gasteiger partial charge on any atom is -0.493 e. The molecule has 0 amide bonds. The molecule has 1 aromatic carbocycles. The Morgan fingerprint density at radius 1 is 1.26 bits per heavy atom. The van der Waals surface area contributed by atoms with Crippen LogP contribution in [0.3, 0.4) is 0 Å². The molecule has 0 fully saturated rings. The lowest BCUT2D eigenvalue weighted by Gasteiger charge is -2.08. The number of nitrogens with zero attached hydrogens (tertiary/aromatic N) is 1. The van der Waals surface area contributed by atoms with Gasteiger partial charge in [-0.3, -0.25) is 14.9 Å². The first-order valence-corrected chi connectivity index (χ1v) is 7.95. The van der Waals surface area contributed by atoms with Gasteiger partial charge in [0.15, 0.2) is 17.3 Å². The Kier molecular flexibility index (Phi) is 5.51. The molecular formula is C15H12BrNO5S. The maximum Gasteiger partial charge on any atom is 0.280 e. The van der Waals surface area contributed by atoms with Crippen molar-refractivity contribution in [1.82, 2.24) is 0 Å². The molecule has 0 saturated heterocycles. The van der Waals surface area contributed by atoms with Gasteiger partial charge >= 0.3 is 0 Å². The van der Waals surface area contributed by atoms with Crippen LogP contribution in [-0.2, 0) is 0 Å². The predicted molar refractivity (Wildman–Crippen MR) is 91.6 cm³/mol. The van der Waals surface area contributed by atoms with E-state index in [4.69, 9.17) is 9.47 Å². The van der Waals surface area contributed by atoms with Crippen molar-refractivity contribution in [1.29, 1.82) is 0 Å². The van der Waals surface area contributed by atoms with Crippen LogP contribution in [0.25, 0.3) is 6.08 Å². The van der Waals surface area contributed by atoms with Gasteiger partial charge in [-0.15, -0.1) is 11.3 Å². The van der Waals surface area contributed by atoms with E-state index in [1.165, 1.54) is 49.8 Å². The molecule has 0 saturated carbocycles. The van der Waals surface area contributed by atoms with Crippen molar-refractivity contribution in [2.24, 2.45) is 0 Å². The molecule has 8 heteroatoms. The van der Waals surface area contributed by atoms with Crippen LogP contribution < -0.4 is 9.47 Å². The van der Waals surface area contributed by atoms with Crippen molar-refractivity contribution >= 4 is 44.8 Å². The first kappa shape index (κ1) is 17.2. The van der Waals surface area contributed by atoms with Gasteiger partial charge in [0.05, 0.1) is 39.4 Å². The fourth-order valence-corrected chi connectivity index (χ4v) is 3.18. The summed E-state index contributed by atoms with van der Waals surface area (Å²) in [5, 5.41) is 11.2. The van der Waals surface area contributed by atoms with Crippen molar-refractivity contribution in [2.45, 2.75) is 0 Å². The highest BCUT2D eigenvalue weighted by Gasteiger charge is 2.18. The molecule has 0 atom stereocenters. The number of carbonyl (C=O) groups excluding carboxylic acids is 1. The Morgan fingerprint density at radius 3 is 2.43 bits per heavy atom. The van der Waals surface area contributed by atoms with E-state index in [0.717, 1.165) is 3.79 Å². The summed E-state index contributed by atoms with van der Waals surface area (Å²) in [4.78, 5) is 23.3. The highest BCUT2D eigenvalue weighted by atomic mass is 79.9. The van der Waals surface area contributed by atoms with E-state index in [9.17, 15) is 14.9 Å². The lowest BCUT2D eigenvalue weighted by molar-refractivity contribution is -0.385. The van der Waals surface area contributed by atoms with Crippen LogP contribution in [0.5, 0.6) is 11.5 Å². The van der Waals surface area contributed by atoms with Gasteiger partial charge < -0.3 is 9.47 Å². The molecule has 0 bridgehead atoms. The Morgan fingerprint density at radius 2 is 1.91 bits per heavy atom. The summed E-state index contributed by atoms with van der Waals surface area (Å²) in [6, 6.07) is 6.19. The second kappa shape index (κ2) is 7.38. The third-order valence-electron chi connectivity index (χ3n) is 2.96. The van der Waals surface area contributed by atoms with E-state index in [1.54, 1.807) is 12.1 Å². The third kappa shape index (κ3) is 3.96. The quantitative estimate of drug-likeness (QED) is 0.313. The first-order chi connectivity index (χ1) is 11.0. The minimum atomic E-state index is -0.534. The lowest BCUT2D eigenvalue weighted by atomic mass is 10.1. The van der Waals surface area contributed by atoms with Crippen LogP contribution in [-0.4, -0.2) is 24.9 Å². The number of rotatable bonds is 6. The van der Waals surface area contributed by atoms with Crippen molar-refractivity contribution < 1.29 is 19.2 Å². The van der Waals surface area contributed by atoms with E-state index < -0.39 is 4.92 Å². The summed E-state index contributed by atoms with van der Waals surface area (Å²) in [6.45, 7) is 0. The van der Waals surface area contributed by atoms with Gasteiger partial charge in [-0.05, 0) is 46.3 Å². The molecule has 0 radical (unpaired) electrons. The van der Waals surface area contributed by atoms with Crippen molar-refractivity contribution in [3.8, 4) is 11.5 Å². The number of hydrogen-bond donors (Lipinski definition) is 0. The third-order valence-corrected chi connectivity index (χ3v) is 4.60. The van der Waals surface area contributed by atoms with Gasteiger partial charge in [0.2, 0.25) is 0 Å². The molecule has 0 aliphatic rings. The summed E-state index contributed by atoms with van der Waals surface area (Å²) >= 11 is 4.58. The summed E-state index contributed by atoms with van der Waals surface area (Å²) in [7, 11) is 2.83. The zero-order valence-corrected chi connectivity index (χ0v) is 14.6. The summed E-state index contributed by atoms with van der Waals surface area (Å²) in [5.41, 5.74) is 0.0932. The van der Waals surface area contributed by atoms with E-state index in [2.05, 4.69) is 15.9 Å². The highest BCUT2D eigenvalue weighted by Crippen LogP contribution is 2.35.